The zero-order chi connectivity index (χ0) is 21.0. The molecule has 0 spiro atoms. The fourth-order valence-corrected chi connectivity index (χ4v) is 3.58. The number of carbonyl (C=O) groups is 2. The predicted octanol–water partition coefficient (Wildman–Crippen LogP) is 5.26. The Balaban J connectivity index is 1.68. The van der Waals surface area contributed by atoms with Gasteiger partial charge in [0.15, 0.2) is 5.78 Å². The third-order valence-corrected chi connectivity index (χ3v) is 5.11. The number of hydrogen-bond acceptors (Lipinski definition) is 2. The molecule has 1 atom stereocenters. The van der Waals surface area contributed by atoms with Crippen LogP contribution in [0.5, 0.6) is 0 Å². The Morgan fingerprint density at radius 3 is 2.45 bits per heavy atom. The van der Waals surface area contributed by atoms with E-state index < -0.39 is 36.7 Å². The third kappa shape index (κ3) is 5.43. The molecule has 1 fully saturated rings. The minimum Gasteiger partial charge on any atom is -0.342 e. The summed E-state index contributed by atoms with van der Waals surface area (Å²) < 4.78 is 51.6. The van der Waals surface area contributed by atoms with Crippen LogP contribution in [0.3, 0.4) is 0 Å². The first kappa shape index (κ1) is 21.0. The highest BCUT2D eigenvalue weighted by molar-refractivity contribution is 5.98. The topological polar surface area (TPSA) is 37.4 Å². The first-order valence-electron chi connectivity index (χ1n) is 9.48. The Kier molecular flexibility index (Phi) is 6.35. The van der Waals surface area contributed by atoms with E-state index in [2.05, 4.69) is 0 Å². The van der Waals surface area contributed by atoms with Gasteiger partial charge in [-0.15, -0.1) is 0 Å². The summed E-state index contributed by atoms with van der Waals surface area (Å²) in [5, 5.41) is 0. The second-order valence-corrected chi connectivity index (χ2v) is 7.22. The molecule has 154 valence electrons. The second kappa shape index (κ2) is 8.76. The maximum absolute atomic E-state index is 14.6. The zero-order valence-corrected chi connectivity index (χ0v) is 15.7. The number of alkyl halides is 3. The maximum Gasteiger partial charge on any atom is 0.389 e. The van der Waals surface area contributed by atoms with Gasteiger partial charge in [-0.2, -0.15) is 13.2 Å². The smallest absolute Gasteiger partial charge is 0.342 e. The molecule has 0 aliphatic carbocycles. The van der Waals surface area contributed by atoms with Gasteiger partial charge in [-0.05, 0) is 24.5 Å². The average Bonchev–Trinajstić information content (AvgIpc) is 2.71. The molecule has 0 radical (unpaired) electrons. The number of ketones is 1. The van der Waals surface area contributed by atoms with Crippen LogP contribution in [0.2, 0.25) is 0 Å². The molecule has 1 aliphatic heterocycles. The van der Waals surface area contributed by atoms with Crippen LogP contribution < -0.4 is 0 Å². The Labute approximate surface area is 166 Å². The van der Waals surface area contributed by atoms with Crippen LogP contribution in [0.25, 0.3) is 11.1 Å². The Morgan fingerprint density at radius 2 is 1.79 bits per heavy atom. The monoisotopic (exact) mass is 407 g/mol. The van der Waals surface area contributed by atoms with Crippen molar-refractivity contribution >= 4 is 11.7 Å². The molecule has 0 unspecified atom stereocenters. The van der Waals surface area contributed by atoms with Gasteiger partial charge in [0.05, 0.1) is 6.42 Å². The normalized spacial score (nSPS) is 17.2. The van der Waals surface area contributed by atoms with Gasteiger partial charge in [0.25, 0.3) is 0 Å². The second-order valence-electron chi connectivity index (χ2n) is 7.22. The number of hydrogen-bond donors (Lipinski definition) is 0. The fourth-order valence-electron chi connectivity index (χ4n) is 3.58. The summed E-state index contributed by atoms with van der Waals surface area (Å²) in [5.74, 6) is -1.96. The van der Waals surface area contributed by atoms with Crippen LogP contribution in [-0.4, -0.2) is 35.9 Å². The van der Waals surface area contributed by atoms with E-state index in [0.29, 0.717) is 30.5 Å². The van der Waals surface area contributed by atoms with E-state index in [4.69, 9.17) is 0 Å². The zero-order valence-electron chi connectivity index (χ0n) is 15.7. The number of amides is 1. The van der Waals surface area contributed by atoms with Crippen LogP contribution in [0.1, 0.15) is 36.0 Å². The van der Waals surface area contributed by atoms with Gasteiger partial charge in [0, 0.05) is 36.6 Å². The van der Waals surface area contributed by atoms with E-state index in [1.54, 1.807) is 36.4 Å². The van der Waals surface area contributed by atoms with E-state index in [1.807, 2.05) is 6.07 Å². The predicted molar refractivity (Wildman–Crippen MR) is 101 cm³/mol. The standard InChI is InChI=1S/C22H21F4NO2/c23-19-13-16(8-9-18(19)15-5-2-1-3-6-15)21(29)17-7-4-12-27(14-17)20(28)10-11-22(24,25)26/h1-3,5-6,8-9,13,17H,4,7,10-12,14H2/t17-/m1/s1. The molecule has 0 saturated carbocycles. The van der Waals surface area contributed by atoms with Gasteiger partial charge in [-0.25, -0.2) is 4.39 Å². The highest BCUT2D eigenvalue weighted by Crippen LogP contribution is 2.27. The van der Waals surface area contributed by atoms with Crippen molar-refractivity contribution in [3.63, 3.8) is 0 Å². The quantitative estimate of drug-likeness (QED) is 0.501. The van der Waals surface area contributed by atoms with Crippen molar-refractivity contribution in [3.05, 3.63) is 59.9 Å². The minimum atomic E-state index is -4.39. The van der Waals surface area contributed by atoms with E-state index in [0.717, 1.165) is 0 Å². The van der Waals surface area contributed by atoms with Crippen molar-refractivity contribution in [2.45, 2.75) is 31.9 Å². The minimum absolute atomic E-state index is 0.0670. The van der Waals surface area contributed by atoms with Crippen LogP contribution in [0.4, 0.5) is 17.6 Å². The highest BCUT2D eigenvalue weighted by atomic mass is 19.4. The molecule has 7 heteroatoms. The molecule has 1 aliphatic rings. The van der Waals surface area contributed by atoms with Crippen molar-refractivity contribution in [2.24, 2.45) is 5.92 Å². The van der Waals surface area contributed by atoms with Crippen LogP contribution in [-0.2, 0) is 4.79 Å². The van der Waals surface area contributed by atoms with Gasteiger partial charge < -0.3 is 4.90 Å². The molecule has 1 amide bonds. The number of likely N-dealkylation sites (tertiary alicyclic amines) is 1. The van der Waals surface area contributed by atoms with Crippen molar-refractivity contribution in [2.75, 3.05) is 13.1 Å². The van der Waals surface area contributed by atoms with Crippen LogP contribution >= 0.6 is 0 Å². The number of rotatable bonds is 5. The number of nitrogens with zero attached hydrogens (tertiary/aromatic N) is 1. The maximum atomic E-state index is 14.6. The molecule has 1 saturated heterocycles. The number of benzene rings is 2. The highest BCUT2D eigenvalue weighted by Gasteiger charge is 2.32. The number of Topliss-reactive ketones (excluding diaryl/α,β-unsaturated/α-hetero) is 1. The largest absolute Gasteiger partial charge is 0.389 e. The van der Waals surface area contributed by atoms with Gasteiger partial charge in [0.1, 0.15) is 5.82 Å². The summed E-state index contributed by atoms with van der Waals surface area (Å²) in [6.07, 6.45) is -5.14. The van der Waals surface area contributed by atoms with Gasteiger partial charge in [-0.1, -0.05) is 42.5 Å². The summed E-state index contributed by atoms with van der Waals surface area (Å²) in [5.41, 5.74) is 1.29. The molecule has 0 N–H and O–H groups in total. The lowest BCUT2D eigenvalue weighted by Crippen LogP contribution is -2.42. The Hall–Kier alpha value is -2.70. The molecule has 0 bridgehead atoms. The van der Waals surface area contributed by atoms with E-state index in [1.165, 1.54) is 11.0 Å². The number of carbonyl (C=O) groups excluding carboxylic acids is 2. The molecule has 2 aromatic rings. The molecule has 3 rings (SSSR count). The summed E-state index contributed by atoms with van der Waals surface area (Å²) in [6, 6.07) is 13.2. The van der Waals surface area contributed by atoms with Gasteiger partial charge >= 0.3 is 6.18 Å². The Bertz CT molecular complexity index is 880. The Morgan fingerprint density at radius 1 is 1.07 bits per heavy atom. The van der Waals surface area contributed by atoms with Crippen molar-refractivity contribution in [3.8, 4) is 11.1 Å². The molecule has 2 aromatic carbocycles. The van der Waals surface area contributed by atoms with Crippen LogP contribution in [0.15, 0.2) is 48.5 Å². The van der Waals surface area contributed by atoms with E-state index >= 15 is 0 Å². The summed E-state index contributed by atoms with van der Waals surface area (Å²) in [4.78, 5) is 26.2. The average molecular weight is 407 g/mol. The lowest BCUT2D eigenvalue weighted by Gasteiger charge is -2.32. The van der Waals surface area contributed by atoms with Crippen molar-refractivity contribution in [1.29, 1.82) is 0 Å². The molecule has 0 aromatic heterocycles. The van der Waals surface area contributed by atoms with E-state index in [-0.39, 0.29) is 17.9 Å². The van der Waals surface area contributed by atoms with Gasteiger partial charge in [0.2, 0.25) is 5.91 Å². The number of halogens is 4. The molecular weight excluding hydrogens is 386 g/mol. The molecule has 29 heavy (non-hydrogen) atoms. The molecular formula is C22H21F4NO2. The SMILES string of the molecule is O=C(c1ccc(-c2ccccc2)c(F)c1)[C@@H]1CCCN(C(=O)CCC(F)(F)F)C1. The van der Waals surface area contributed by atoms with Crippen LogP contribution in [0, 0.1) is 11.7 Å². The first-order valence-corrected chi connectivity index (χ1v) is 9.48. The van der Waals surface area contributed by atoms with Crippen molar-refractivity contribution < 1.29 is 27.2 Å². The first-order chi connectivity index (χ1) is 13.7. The van der Waals surface area contributed by atoms with E-state index in [9.17, 15) is 27.2 Å². The summed E-state index contributed by atoms with van der Waals surface area (Å²) in [6.45, 7) is 0.402. The lowest BCUT2D eigenvalue weighted by atomic mass is 9.89. The molecule has 1 heterocycles. The summed E-state index contributed by atoms with van der Waals surface area (Å²) in [7, 11) is 0. The number of piperidine rings is 1. The summed E-state index contributed by atoms with van der Waals surface area (Å²) >= 11 is 0. The third-order valence-electron chi connectivity index (χ3n) is 5.11. The lowest BCUT2D eigenvalue weighted by molar-refractivity contribution is -0.149. The van der Waals surface area contributed by atoms with Gasteiger partial charge in [-0.3, -0.25) is 9.59 Å². The molecule has 3 nitrogen and oxygen atoms in total. The fraction of sp³-hybridized carbons (Fsp3) is 0.364. The van der Waals surface area contributed by atoms with Crippen molar-refractivity contribution in [1.82, 2.24) is 4.90 Å².